The molecule has 2 rings (SSSR count). The van der Waals surface area contributed by atoms with Gasteiger partial charge in [0.25, 0.3) is 0 Å². The van der Waals surface area contributed by atoms with Crippen LogP contribution in [0.3, 0.4) is 0 Å². The summed E-state index contributed by atoms with van der Waals surface area (Å²) in [5, 5.41) is 2.92. The number of benzene rings is 2. The molecule has 0 aliphatic carbocycles. The summed E-state index contributed by atoms with van der Waals surface area (Å²) in [5.74, 6) is -0.720. The number of nitrogens with one attached hydrogen (secondary N) is 1. The fraction of sp³-hybridized carbons (Fsp3) is 0.440. The predicted molar refractivity (Wildman–Crippen MR) is 132 cm³/mol. The number of hydrogen-bond acceptors (Lipinski definition) is 4. The maximum atomic E-state index is 13.5. The van der Waals surface area contributed by atoms with Crippen LogP contribution in [0, 0.1) is 13.8 Å². The van der Waals surface area contributed by atoms with E-state index in [2.05, 4.69) is 5.32 Å². The summed E-state index contributed by atoms with van der Waals surface area (Å²) in [7, 11) is -3.73. The van der Waals surface area contributed by atoms with E-state index >= 15 is 0 Å². The van der Waals surface area contributed by atoms with Crippen molar-refractivity contribution >= 4 is 27.5 Å². The Morgan fingerprint density at radius 3 is 2.15 bits per heavy atom. The SMILES string of the molecule is CC[C@@H](C)NC(=O)[C@H](C)N(Cc1ccc(C)cc1)C(=O)CN(c1ccccc1C)S(C)(=O)=O. The normalized spacial score (nSPS) is 13.2. The van der Waals surface area contributed by atoms with Gasteiger partial charge in [0.2, 0.25) is 21.8 Å². The van der Waals surface area contributed by atoms with E-state index in [1.807, 2.05) is 51.1 Å². The molecule has 0 aromatic heterocycles. The minimum Gasteiger partial charge on any atom is -0.352 e. The van der Waals surface area contributed by atoms with Crippen LogP contribution in [-0.2, 0) is 26.2 Å². The molecule has 0 unspecified atom stereocenters. The van der Waals surface area contributed by atoms with Gasteiger partial charge in [0.15, 0.2) is 0 Å². The third-order valence-electron chi connectivity index (χ3n) is 5.71. The molecule has 33 heavy (non-hydrogen) atoms. The van der Waals surface area contributed by atoms with Crippen molar-refractivity contribution in [1.29, 1.82) is 0 Å². The highest BCUT2D eigenvalue weighted by Crippen LogP contribution is 2.23. The van der Waals surface area contributed by atoms with Gasteiger partial charge in [0.1, 0.15) is 12.6 Å². The van der Waals surface area contributed by atoms with Crippen molar-refractivity contribution in [3.63, 3.8) is 0 Å². The first kappa shape index (κ1) is 26.4. The van der Waals surface area contributed by atoms with Gasteiger partial charge < -0.3 is 10.2 Å². The molecule has 2 atom stereocenters. The molecule has 0 saturated carbocycles. The second-order valence-electron chi connectivity index (χ2n) is 8.56. The molecule has 2 aromatic carbocycles. The van der Waals surface area contributed by atoms with Crippen molar-refractivity contribution in [3.05, 3.63) is 65.2 Å². The fourth-order valence-corrected chi connectivity index (χ4v) is 4.28. The van der Waals surface area contributed by atoms with Gasteiger partial charge in [-0.1, -0.05) is 55.0 Å². The van der Waals surface area contributed by atoms with E-state index in [4.69, 9.17) is 0 Å². The highest BCUT2D eigenvalue weighted by Gasteiger charge is 2.30. The molecule has 8 heteroatoms. The number of anilines is 1. The van der Waals surface area contributed by atoms with Gasteiger partial charge in [-0.3, -0.25) is 13.9 Å². The van der Waals surface area contributed by atoms with Gasteiger partial charge in [-0.05, 0) is 51.3 Å². The number of para-hydroxylation sites is 1. The van der Waals surface area contributed by atoms with Crippen molar-refractivity contribution in [2.24, 2.45) is 0 Å². The molecule has 7 nitrogen and oxygen atoms in total. The molecule has 0 heterocycles. The molecule has 0 bridgehead atoms. The Balaban J connectivity index is 2.39. The number of amides is 2. The standard InChI is InChI=1S/C25H35N3O4S/c1-7-20(4)26-25(30)21(5)27(16-22-14-12-18(2)13-15-22)24(29)17-28(33(6,31)32)23-11-9-8-10-19(23)3/h8-15,20-21H,7,16-17H2,1-6H3,(H,26,30)/t20-,21+/m1/s1. The van der Waals surface area contributed by atoms with Crippen LogP contribution in [0.15, 0.2) is 48.5 Å². The molecule has 1 N–H and O–H groups in total. The first-order valence-corrected chi connectivity index (χ1v) is 13.0. The number of rotatable bonds is 10. The summed E-state index contributed by atoms with van der Waals surface area (Å²) in [6.07, 6.45) is 1.84. The Kier molecular flexibility index (Phi) is 9.05. The molecule has 0 aliphatic heterocycles. The monoisotopic (exact) mass is 473 g/mol. The van der Waals surface area contributed by atoms with Crippen LogP contribution >= 0.6 is 0 Å². The number of carbonyl (C=O) groups excluding carboxylic acids is 2. The number of hydrogen-bond donors (Lipinski definition) is 1. The number of sulfonamides is 1. The van der Waals surface area contributed by atoms with Crippen LogP contribution in [0.4, 0.5) is 5.69 Å². The van der Waals surface area contributed by atoms with Crippen molar-refractivity contribution in [3.8, 4) is 0 Å². The Bertz CT molecular complexity index is 1070. The Morgan fingerprint density at radius 1 is 1.00 bits per heavy atom. The lowest BCUT2D eigenvalue weighted by atomic mass is 10.1. The molecule has 0 fully saturated rings. The Labute approximate surface area is 197 Å². The van der Waals surface area contributed by atoms with Gasteiger partial charge >= 0.3 is 0 Å². The van der Waals surface area contributed by atoms with E-state index < -0.39 is 28.5 Å². The predicted octanol–water partition coefficient (Wildman–Crippen LogP) is 3.40. The third-order valence-corrected chi connectivity index (χ3v) is 6.83. The first-order chi connectivity index (χ1) is 15.4. The lowest BCUT2D eigenvalue weighted by Crippen LogP contribution is -2.52. The van der Waals surface area contributed by atoms with E-state index in [9.17, 15) is 18.0 Å². The molecule has 0 aliphatic rings. The molecule has 180 valence electrons. The summed E-state index contributed by atoms with van der Waals surface area (Å²) in [4.78, 5) is 27.8. The van der Waals surface area contributed by atoms with E-state index in [1.54, 1.807) is 32.0 Å². The van der Waals surface area contributed by atoms with Crippen molar-refractivity contribution in [2.45, 2.75) is 59.7 Å². The summed E-state index contributed by atoms with van der Waals surface area (Å²) >= 11 is 0. The fourth-order valence-electron chi connectivity index (χ4n) is 3.38. The van der Waals surface area contributed by atoms with Crippen LogP contribution in [0.2, 0.25) is 0 Å². The zero-order chi connectivity index (χ0) is 24.8. The second kappa shape index (κ2) is 11.3. The van der Waals surface area contributed by atoms with Crippen molar-refractivity contribution < 1.29 is 18.0 Å². The lowest BCUT2D eigenvalue weighted by molar-refractivity contribution is -0.139. The summed E-state index contributed by atoms with van der Waals surface area (Å²) in [6, 6.07) is 13.9. The molecule has 0 spiro atoms. The number of nitrogens with zero attached hydrogens (tertiary/aromatic N) is 2. The van der Waals surface area contributed by atoms with Gasteiger partial charge in [-0.15, -0.1) is 0 Å². The van der Waals surface area contributed by atoms with Crippen LogP contribution in [0.1, 0.15) is 43.9 Å². The Hall–Kier alpha value is -2.87. The van der Waals surface area contributed by atoms with Crippen LogP contribution in [0.5, 0.6) is 0 Å². The van der Waals surface area contributed by atoms with Gasteiger partial charge in [0, 0.05) is 12.6 Å². The van der Waals surface area contributed by atoms with Gasteiger partial charge in [-0.25, -0.2) is 8.42 Å². The van der Waals surface area contributed by atoms with Crippen LogP contribution in [0.25, 0.3) is 0 Å². The summed E-state index contributed by atoms with van der Waals surface area (Å²) < 4.78 is 26.3. The van der Waals surface area contributed by atoms with Crippen LogP contribution in [-0.4, -0.2) is 50.0 Å². The zero-order valence-corrected chi connectivity index (χ0v) is 21.1. The molecule has 0 saturated heterocycles. The highest BCUT2D eigenvalue weighted by molar-refractivity contribution is 7.92. The zero-order valence-electron chi connectivity index (χ0n) is 20.3. The van der Waals surface area contributed by atoms with Gasteiger partial charge in [-0.2, -0.15) is 0 Å². The summed E-state index contributed by atoms with van der Waals surface area (Å²) in [6.45, 7) is 9.11. The lowest BCUT2D eigenvalue weighted by Gasteiger charge is -2.32. The Morgan fingerprint density at radius 2 is 1.61 bits per heavy atom. The number of carbonyl (C=O) groups is 2. The third kappa shape index (κ3) is 7.32. The van der Waals surface area contributed by atoms with E-state index in [1.165, 1.54) is 4.90 Å². The minimum absolute atomic E-state index is 0.0317. The smallest absolute Gasteiger partial charge is 0.244 e. The first-order valence-electron chi connectivity index (χ1n) is 11.1. The second-order valence-corrected chi connectivity index (χ2v) is 10.5. The minimum atomic E-state index is -3.73. The average molecular weight is 474 g/mol. The topological polar surface area (TPSA) is 86.8 Å². The van der Waals surface area contributed by atoms with Crippen molar-refractivity contribution in [2.75, 3.05) is 17.1 Å². The maximum Gasteiger partial charge on any atom is 0.244 e. The largest absolute Gasteiger partial charge is 0.352 e. The van der Waals surface area contributed by atoms with Crippen LogP contribution < -0.4 is 9.62 Å². The molecule has 2 amide bonds. The number of aryl methyl sites for hydroxylation is 2. The quantitative estimate of drug-likeness (QED) is 0.573. The molecule has 0 radical (unpaired) electrons. The van der Waals surface area contributed by atoms with Crippen molar-refractivity contribution in [1.82, 2.24) is 10.2 Å². The summed E-state index contributed by atoms with van der Waals surface area (Å²) in [5.41, 5.74) is 3.13. The van der Waals surface area contributed by atoms with E-state index in [0.29, 0.717) is 5.69 Å². The van der Waals surface area contributed by atoms with E-state index in [0.717, 1.165) is 33.7 Å². The molecular weight excluding hydrogens is 438 g/mol. The van der Waals surface area contributed by atoms with Gasteiger partial charge in [0.05, 0.1) is 11.9 Å². The maximum absolute atomic E-state index is 13.5. The van der Waals surface area contributed by atoms with E-state index in [-0.39, 0.29) is 18.5 Å². The molecular formula is C25H35N3O4S. The average Bonchev–Trinajstić information content (AvgIpc) is 2.76. The highest BCUT2D eigenvalue weighted by atomic mass is 32.2. The molecule has 2 aromatic rings.